The molecule has 2 aromatic heterocycles. The average Bonchev–Trinajstić information content (AvgIpc) is 3.01. The van der Waals surface area contributed by atoms with Crippen molar-refractivity contribution in [3.05, 3.63) is 34.3 Å². The molecule has 0 N–H and O–H groups in total. The first-order valence-electron chi connectivity index (χ1n) is 6.23. The Morgan fingerprint density at radius 1 is 1.33 bits per heavy atom. The summed E-state index contributed by atoms with van der Waals surface area (Å²) < 4.78 is 15.5. The quantitative estimate of drug-likeness (QED) is 0.710. The summed E-state index contributed by atoms with van der Waals surface area (Å²) in [6, 6.07) is 5.45. The molecule has 0 fully saturated rings. The Kier molecular flexibility index (Phi) is 3.05. The number of oxazole rings is 1. The van der Waals surface area contributed by atoms with E-state index in [0.717, 1.165) is 5.56 Å². The zero-order chi connectivity index (χ0) is 15.0. The van der Waals surface area contributed by atoms with Crippen LogP contribution < -0.4 is 5.76 Å². The van der Waals surface area contributed by atoms with Gasteiger partial charge in [0.05, 0.1) is 6.61 Å². The van der Waals surface area contributed by atoms with Crippen molar-refractivity contribution in [2.24, 2.45) is 0 Å². The summed E-state index contributed by atoms with van der Waals surface area (Å²) in [7, 11) is 0. The lowest BCUT2D eigenvalue weighted by Gasteiger charge is -1.96. The number of carbonyl (C=O) groups excluding carboxylic acids is 1. The van der Waals surface area contributed by atoms with Gasteiger partial charge in [0.15, 0.2) is 5.58 Å². The number of hydrogen-bond donors (Lipinski definition) is 0. The van der Waals surface area contributed by atoms with Crippen LogP contribution >= 0.6 is 0 Å². The van der Waals surface area contributed by atoms with Gasteiger partial charge in [-0.25, -0.2) is 14.6 Å². The number of hydrogen-bond acceptors (Lipinski definition) is 7. The molecule has 0 amide bonds. The van der Waals surface area contributed by atoms with Crippen LogP contribution in [-0.2, 0) is 4.74 Å². The number of ether oxygens (including phenoxy) is 1. The monoisotopic (exact) mass is 289 g/mol. The zero-order valence-electron chi connectivity index (χ0n) is 11.3. The molecule has 2 heterocycles. The molecule has 108 valence electrons. The Hall–Kier alpha value is -2.90. The molecular formula is C13H11N3O5. The van der Waals surface area contributed by atoms with E-state index in [9.17, 15) is 9.59 Å². The van der Waals surface area contributed by atoms with Crippen LogP contribution in [0.3, 0.4) is 0 Å². The van der Waals surface area contributed by atoms with Crippen molar-refractivity contribution in [1.82, 2.24) is 14.8 Å². The van der Waals surface area contributed by atoms with E-state index in [2.05, 4.69) is 14.8 Å². The van der Waals surface area contributed by atoms with Gasteiger partial charge in [-0.05, 0) is 31.5 Å². The second kappa shape index (κ2) is 4.89. The summed E-state index contributed by atoms with van der Waals surface area (Å²) >= 11 is 0. The predicted molar refractivity (Wildman–Crippen MR) is 70.9 cm³/mol. The lowest BCUT2D eigenvalue weighted by molar-refractivity contribution is 0.148. The van der Waals surface area contributed by atoms with Gasteiger partial charge in [0.1, 0.15) is 5.52 Å². The van der Waals surface area contributed by atoms with Gasteiger partial charge in [0.2, 0.25) is 0 Å². The average molecular weight is 289 g/mol. The normalized spacial score (nSPS) is 11.0. The predicted octanol–water partition coefficient (Wildman–Crippen LogP) is 1.96. The van der Waals surface area contributed by atoms with Crippen LogP contribution in [0.4, 0.5) is 4.79 Å². The standard InChI is InChI=1S/C13H11N3O5/c1-3-19-12(17)16-13(18)21-11(15-16)10-14-8-5-4-7(2)6-9(8)20-10/h4-6H,3H2,1-2H3. The lowest BCUT2D eigenvalue weighted by atomic mass is 10.2. The molecule has 3 aromatic rings. The van der Waals surface area contributed by atoms with Crippen LogP contribution in [0, 0.1) is 6.92 Å². The zero-order valence-corrected chi connectivity index (χ0v) is 11.3. The van der Waals surface area contributed by atoms with E-state index in [1.807, 2.05) is 13.0 Å². The Bertz CT molecular complexity index is 873. The molecule has 0 radical (unpaired) electrons. The third-order valence-corrected chi connectivity index (χ3v) is 2.72. The van der Waals surface area contributed by atoms with Crippen LogP contribution in [0.15, 0.2) is 31.8 Å². The summed E-state index contributed by atoms with van der Waals surface area (Å²) in [4.78, 5) is 27.2. The summed E-state index contributed by atoms with van der Waals surface area (Å²) in [5.74, 6) is -1.11. The van der Waals surface area contributed by atoms with E-state index in [4.69, 9.17) is 8.83 Å². The number of fused-ring (bicyclic) bond motifs is 1. The van der Waals surface area contributed by atoms with Crippen LogP contribution in [-0.4, -0.2) is 27.5 Å². The third-order valence-electron chi connectivity index (χ3n) is 2.72. The second-order valence-corrected chi connectivity index (χ2v) is 4.27. The van der Waals surface area contributed by atoms with Gasteiger partial charge in [-0.15, -0.1) is 5.10 Å². The lowest BCUT2D eigenvalue weighted by Crippen LogP contribution is -2.25. The van der Waals surface area contributed by atoms with Crippen LogP contribution in [0.1, 0.15) is 12.5 Å². The summed E-state index contributed by atoms with van der Waals surface area (Å²) in [5, 5.41) is 3.72. The molecule has 0 spiro atoms. The Labute approximate surface area is 117 Å². The van der Waals surface area contributed by atoms with Crippen molar-refractivity contribution in [3.8, 4) is 11.8 Å². The minimum Gasteiger partial charge on any atom is -0.448 e. The molecule has 0 aliphatic rings. The number of rotatable bonds is 2. The first-order valence-corrected chi connectivity index (χ1v) is 6.23. The van der Waals surface area contributed by atoms with E-state index >= 15 is 0 Å². The highest BCUT2D eigenvalue weighted by Crippen LogP contribution is 2.22. The van der Waals surface area contributed by atoms with Gasteiger partial charge >= 0.3 is 17.7 Å². The minimum absolute atomic E-state index is 0.0238. The molecule has 21 heavy (non-hydrogen) atoms. The fraction of sp³-hybridized carbons (Fsp3) is 0.231. The third kappa shape index (κ3) is 2.31. The topological polar surface area (TPSA) is 100 Å². The molecule has 0 saturated carbocycles. The highest BCUT2D eigenvalue weighted by molar-refractivity contribution is 5.75. The van der Waals surface area contributed by atoms with Gasteiger partial charge in [0, 0.05) is 0 Å². The molecule has 0 atom stereocenters. The van der Waals surface area contributed by atoms with Gasteiger partial charge in [-0.2, -0.15) is 0 Å². The Morgan fingerprint density at radius 3 is 2.90 bits per heavy atom. The fourth-order valence-corrected chi connectivity index (χ4v) is 1.79. The maximum Gasteiger partial charge on any atom is 0.447 e. The molecule has 8 nitrogen and oxygen atoms in total. The van der Waals surface area contributed by atoms with Crippen LogP contribution in [0.25, 0.3) is 22.9 Å². The van der Waals surface area contributed by atoms with Gasteiger partial charge in [0.25, 0.3) is 5.89 Å². The SMILES string of the molecule is CCOC(=O)n1nc(-c2nc3ccc(C)cc3o2)oc1=O. The molecule has 0 saturated heterocycles. The molecule has 1 aromatic carbocycles. The number of benzene rings is 1. The van der Waals surface area contributed by atoms with Crippen LogP contribution in [0.5, 0.6) is 0 Å². The minimum atomic E-state index is -0.957. The van der Waals surface area contributed by atoms with E-state index < -0.39 is 11.8 Å². The summed E-state index contributed by atoms with van der Waals surface area (Å²) in [5.41, 5.74) is 2.14. The molecule has 0 aliphatic carbocycles. The molecule has 3 rings (SSSR count). The first kappa shape index (κ1) is 13.1. The number of nitrogens with zero attached hydrogens (tertiary/aromatic N) is 3. The number of carbonyl (C=O) groups is 1. The smallest absolute Gasteiger partial charge is 0.447 e. The Morgan fingerprint density at radius 2 is 2.14 bits per heavy atom. The highest BCUT2D eigenvalue weighted by Gasteiger charge is 2.20. The number of aryl methyl sites for hydroxylation is 1. The van der Waals surface area contributed by atoms with Crippen molar-refractivity contribution in [1.29, 1.82) is 0 Å². The Balaban J connectivity index is 2.04. The largest absolute Gasteiger partial charge is 0.448 e. The molecule has 0 unspecified atom stereocenters. The molecule has 0 bridgehead atoms. The van der Waals surface area contributed by atoms with Crippen molar-refractivity contribution >= 4 is 17.2 Å². The van der Waals surface area contributed by atoms with E-state index in [0.29, 0.717) is 15.8 Å². The fourth-order valence-electron chi connectivity index (χ4n) is 1.79. The second-order valence-electron chi connectivity index (χ2n) is 4.27. The number of aromatic nitrogens is 3. The van der Waals surface area contributed by atoms with Crippen LogP contribution in [0.2, 0.25) is 0 Å². The molecule has 0 aliphatic heterocycles. The van der Waals surface area contributed by atoms with Gasteiger partial charge < -0.3 is 13.6 Å². The van der Waals surface area contributed by atoms with Crippen molar-refractivity contribution in [3.63, 3.8) is 0 Å². The summed E-state index contributed by atoms with van der Waals surface area (Å²) in [6.45, 7) is 3.65. The van der Waals surface area contributed by atoms with Gasteiger partial charge in [-0.1, -0.05) is 10.7 Å². The van der Waals surface area contributed by atoms with Gasteiger partial charge in [-0.3, -0.25) is 0 Å². The van der Waals surface area contributed by atoms with E-state index in [1.54, 1.807) is 19.1 Å². The maximum atomic E-state index is 11.6. The van der Waals surface area contributed by atoms with E-state index in [-0.39, 0.29) is 18.4 Å². The highest BCUT2D eigenvalue weighted by atomic mass is 16.6. The molecular weight excluding hydrogens is 278 g/mol. The maximum absolute atomic E-state index is 11.6. The van der Waals surface area contributed by atoms with Crippen molar-refractivity contribution in [2.45, 2.75) is 13.8 Å². The van der Waals surface area contributed by atoms with Crippen molar-refractivity contribution < 1.29 is 18.4 Å². The molecule has 8 heteroatoms. The summed E-state index contributed by atoms with van der Waals surface area (Å²) in [6.07, 6.45) is -0.913. The first-order chi connectivity index (χ1) is 10.1. The van der Waals surface area contributed by atoms with E-state index in [1.165, 1.54) is 0 Å². The van der Waals surface area contributed by atoms with Crippen molar-refractivity contribution in [2.75, 3.05) is 6.61 Å².